The maximum absolute atomic E-state index is 12.6. The second-order valence-electron chi connectivity index (χ2n) is 7.70. The van der Waals surface area contributed by atoms with E-state index in [4.69, 9.17) is 4.42 Å². The lowest BCUT2D eigenvalue weighted by Crippen LogP contribution is -2.45. The SMILES string of the molecule is O=C(NC1CCN(CC2CCCCC2)CC1)c1occ2ccccc12. The zero-order valence-corrected chi connectivity index (χ0v) is 14.9. The lowest BCUT2D eigenvalue weighted by Gasteiger charge is -2.35. The van der Waals surface area contributed by atoms with Gasteiger partial charge in [-0.2, -0.15) is 0 Å². The van der Waals surface area contributed by atoms with E-state index in [1.54, 1.807) is 6.26 Å². The van der Waals surface area contributed by atoms with Gasteiger partial charge in [0, 0.05) is 36.4 Å². The van der Waals surface area contributed by atoms with Crippen molar-refractivity contribution < 1.29 is 9.21 Å². The fourth-order valence-electron chi connectivity index (χ4n) is 4.41. The van der Waals surface area contributed by atoms with Crippen LogP contribution in [0.5, 0.6) is 0 Å². The highest BCUT2D eigenvalue weighted by atomic mass is 16.3. The average molecular weight is 340 g/mol. The van der Waals surface area contributed by atoms with E-state index in [-0.39, 0.29) is 11.9 Å². The van der Waals surface area contributed by atoms with E-state index < -0.39 is 0 Å². The van der Waals surface area contributed by atoms with Crippen molar-refractivity contribution >= 4 is 16.7 Å². The average Bonchev–Trinajstić information content (AvgIpc) is 3.08. The molecule has 2 aromatic rings. The Morgan fingerprint density at radius 3 is 2.64 bits per heavy atom. The molecular formula is C21H28N2O2. The van der Waals surface area contributed by atoms with Gasteiger partial charge in [0.15, 0.2) is 5.76 Å². The molecule has 2 aliphatic rings. The molecule has 25 heavy (non-hydrogen) atoms. The molecule has 0 unspecified atom stereocenters. The molecule has 2 heterocycles. The number of hydrogen-bond donors (Lipinski definition) is 1. The van der Waals surface area contributed by atoms with Gasteiger partial charge in [0.25, 0.3) is 5.91 Å². The number of nitrogens with zero attached hydrogens (tertiary/aromatic N) is 1. The Labute approximate surface area is 149 Å². The summed E-state index contributed by atoms with van der Waals surface area (Å²) in [6.45, 7) is 3.45. The number of nitrogens with one attached hydrogen (secondary N) is 1. The van der Waals surface area contributed by atoms with Crippen molar-refractivity contribution in [2.24, 2.45) is 5.92 Å². The van der Waals surface area contributed by atoms with Gasteiger partial charge in [-0.15, -0.1) is 0 Å². The van der Waals surface area contributed by atoms with E-state index in [2.05, 4.69) is 10.2 Å². The molecule has 2 fully saturated rings. The first-order chi connectivity index (χ1) is 12.3. The molecule has 134 valence electrons. The molecule has 0 bridgehead atoms. The standard InChI is InChI=1S/C21H28N2O2/c24-21(20-19-9-5-4-8-17(19)15-25-20)22-18-10-12-23(13-11-18)14-16-6-2-1-3-7-16/h4-5,8-9,15-16,18H,1-3,6-7,10-14H2,(H,22,24). The smallest absolute Gasteiger partial charge is 0.287 e. The second-order valence-corrected chi connectivity index (χ2v) is 7.70. The second kappa shape index (κ2) is 7.61. The maximum atomic E-state index is 12.6. The van der Waals surface area contributed by atoms with Crippen LogP contribution in [-0.4, -0.2) is 36.5 Å². The van der Waals surface area contributed by atoms with Gasteiger partial charge in [0.2, 0.25) is 0 Å². The first kappa shape index (κ1) is 16.6. The van der Waals surface area contributed by atoms with Crippen molar-refractivity contribution in [1.82, 2.24) is 10.2 Å². The quantitative estimate of drug-likeness (QED) is 0.907. The van der Waals surface area contributed by atoms with Crippen LogP contribution in [0.15, 0.2) is 34.9 Å². The van der Waals surface area contributed by atoms with Gasteiger partial charge >= 0.3 is 0 Å². The van der Waals surface area contributed by atoms with Gasteiger partial charge in [-0.3, -0.25) is 4.79 Å². The molecule has 4 rings (SSSR count). The Hall–Kier alpha value is -1.81. The molecule has 0 radical (unpaired) electrons. The molecule has 1 saturated carbocycles. The Balaban J connectivity index is 1.29. The minimum Gasteiger partial charge on any atom is -0.458 e. The summed E-state index contributed by atoms with van der Waals surface area (Å²) < 4.78 is 5.52. The summed E-state index contributed by atoms with van der Waals surface area (Å²) in [6, 6.07) is 8.08. The first-order valence-electron chi connectivity index (χ1n) is 9.79. The summed E-state index contributed by atoms with van der Waals surface area (Å²) >= 11 is 0. The van der Waals surface area contributed by atoms with E-state index >= 15 is 0 Å². The number of carbonyl (C=O) groups excluding carboxylic acids is 1. The highest BCUT2D eigenvalue weighted by molar-refractivity contribution is 6.04. The Morgan fingerprint density at radius 1 is 1.08 bits per heavy atom. The zero-order chi connectivity index (χ0) is 17.1. The first-order valence-corrected chi connectivity index (χ1v) is 9.79. The molecule has 1 aromatic carbocycles. The van der Waals surface area contributed by atoms with Crippen molar-refractivity contribution in [2.45, 2.75) is 51.0 Å². The van der Waals surface area contributed by atoms with Crippen LogP contribution in [0.25, 0.3) is 10.8 Å². The summed E-state index contributed by atoms with van der Waals surface area (Å²) in [5, 5.41) is 5.06. The number of hydrogen-bond acceptors (Lipinski definition) is 3. The van der Waals surface area contributed by atoms with Crippen LogP contribution >= 0.6 is 0 Å². The lowest BCUT2D eigenvalue weighted by atomic mass is 9.88. The largest absolute Gasteiger partial charge is 0.458 e. The van der Waals surface area contributed by atoms with Gasteiger partial charge in [0.1, 0.15) is 0 Å². The molecule has 4 nitrogen and oxygen atoms in total. The third-order valence-electron chi connectivity index (χ3n) is 5.88. The zero-order valence-electron chi connectivity index (χ0n) is 14.9. The topological polar surface area (TPSA) is 45.5 Å². The van der Waals surface area contributed by atoms with Gasteiger partial charge in [-0.05, 0) is 31.6 Å². The molecule has 0 atom stereocenters. The molecule has 1 amide bonds. The number of likely N-dealkylation sites (tertiary alicyclic amines) is 1. The third-order valence-corrected chi connectivity index (χ3v) is 5.88. The molecule has 1 aromatic heterocycles. The summed E-state index contributed by atoms with van der Waals surface area (Å²) in [4.78, 5) is 15.2. The molecule has 1 N–H and O–H groups in total. The number of rotatable bonds is 4. The predicted molar refractivity (Wildman–Crippen MR) is 99.7 cm³/mol. The van der Waals surface area contributed by atoms with E-state index in [9.17, 15) is 4.79 Å². The number of amides is 1. The van der Waals surface area contributed by atoms with Gasteiger partial charge in [-0.1, -0.05) is 43.5 Å². The van der Waals surface area contributed by atoms with Crippen LogP contribution in [-0.2, 0) is 0 Å². The van der Waals surface area contributed by atoms with Crippen molar-refractivity contribution in [2.75, 3.05) is 19.6 Å². The Morgan fingerprint density at radius 2 is 1.84 bits per heavy atom. The van der Waals surface area contributed by atoms with E-state index in [0.717, 1.165) is 42.6 Å². The molecule has 1 saturated heterocycles. The fraction of sp³-hybridized carbons (Fsp3) is 0.571. The molecule has 1 aliphatic carbocycles. The Kier molecular flexibility index (Phi) is 5.07. The predicted octanol–water partition coefficient (Wildman–Crippen LogP) is 4.21. The molecule has 4 heteroatoms. The minimum atomic E-state index is -0.0769. The van der Waals surface area contributed by atoms with Crippen LogP contribution < -0.4 is 5.32 Å². The lowest BCUT2D eigenvalue weighted by molar-refractivity contribution is 0.0876. The maximum Gasteiger partial charge on any atom is 0.287 e. The summed E-state index contributed by atoms with van der Waals surface area (Å²) in [6.07, 6.45) is 10.8. The number of fused-ring (bicyclic) bond motifs is 1. The molecular weight excluding hydrogens is 312 g/mol. The van der Waals surface area contributed by atoms with Crippen molar-refractivity contribution in [3.8, 4) is 0 Å². The number of benzene rings is 1. The number of piperidine rings is 1. The summed E-state index contributed by atoms with van der Waals surface area (Å²) in [5.74, 6) is 1.27. The van der Waals surface area contributed by atoms with Crippen molar-refractivity contribution in [3.63, 3.8) is 0 Å². The number of furan rings is 1. The van der Waals surface area contributed by atoms with Crippen LogP contribution in [0.2, 0.25) is 0 Å². The monoisotopic (exact) mass is 340 g/mol. The highest BCUT2D eigenvalue weighted by Gasteiger charge is 2.25. The van der Waals surface area contributed by atoms with Crippen LogP contribution in [0.1, 0.15) is 55.5 Å². The van der Waals surface area contributed by atoms with Crippen LogP contribution in [0.3, 0.4) is 0 Å². The third kappa shape index (κ3) is 3.90. The minimum absolute atomic E-state index is 0.0769. The van der Waals surface area contributed by atoms with E-state index in [1.807, 2.05) is 24.3 Å². The van der Waals surface area contributed by atoms with Crippen molar-refractivity contribution in [1.29, 1.82) is 0 Å². The van der Waals surface area contributed by atoms with Crippen LogP contribution in [0, 0.1) is 5.92 Å². The number of carbonyl (C=O) groups is 1. The van der Waals surface area contributed by atoms with E-state index in [1.165, 1.54) is 38.6 Å². The summed E-state index contributed by atoms with van der Waals surface area (Å²) in [5.41, 5.74) is 0. The van der Waals surface area contributed by atoms with E-state index in [0.29, 0.717) is 5.76 Å². The van der Waals surface area contributed by atoms with Crippen LogP contribution in [0.4, 0.5) is 0 Å². The molecule has 0 spiro atoms. The molecule has 1 aliphatic heterocycles. The fourth-order valence-corrected chi connectivity index (χ4v) is 4.41. The highest BCUT2D eigenvalue weighted by Crippen LogP contribution is 2.26. The van der Waals surface area contributed by atoms with Gasteiger partial charge in [-0.25, -0.2) is 0 Å². The van der Waals surface area contributed by atoms with Gasteiger partial charge < -0.3 is 14.6 Å². The normalized spacial score (nSPS) is 20.8. The Bertz CT molecular complexity index is 710. The summed E-state index contributed by atoms with van der Waals surface area (Å²) in [7, 11) is 0. The van der Waals surface area contributed by atoms with Gasteiger partial charge in [0.05, 0.1) is 6.26 Å². The van der Waals surface area contributed by atoms with Crippen molar-refractivity contribution in [3.05, 3.63) is 36.3 Å².